The first-order chi connectivity index (χ1) is 15.0. The second kappa shape index (κ2) is 8.49. The van der Waals surface area contributed by atoms with Crippen molar-refractivity contribution in [2.24, 2.45) is 0 Å². The summed E-state index contributed by atoms with van der Waals surface area (Å²) in [5, 5.41) is 1.85. The molecule has 1 saturated heterocycles. The molecule has 31 heavy (non-hydrogen) atoms. The molecule has 1 saturated carbocycles. The molecule has 1 aromatic carbocycles. The van der Waals surface area contributed by atoms with Gasteiger partial charge >= 0.3 is 195 Å². The van der Waals surface area contributed by atoms with Gasteiger partial charge in [-0.1, -0.05) is 0 Å². The van der Waals surface area contributed by atoms with Crippen LogP contribution in [0.4, 0.5) is 0 Å². The van der Waals surface area contributed by atoms with Crippen LogP contribution in [0.2, 0.25) is 0 Å². The molecule has 0 atom stereocenters. The van der Waals surface area contributed by atoms with Crippen LogP contribution in [0.1, 0.15) is 46.9 Å². The number of fused-ring (bicyclic) bond motifs is 3. The summed E-state index contributed by atoms with van der Waals surface area (Å²) in [6.45, 7) is 1.96. The first-order valence-corrected chi connectivity index (χ1v) is 13.2. The number of carbonyl (C=O) groups excluding carboxylic acids is 1. The molecular formula is C23H24BrNO5Se. The minimum absolute atomic E-state index is 0.0211. The standard InChI is InChI=1S/C23H24BrNO5Se/c1-28-23(7-3-2-4-8-23)20-17(24)15-6-5-14-13-16(21(26)25-9-11-29-12-10-25)22(27)30-18(14)19(15)31-20/h5-6,13H,2-4,7-12H2,1H3. The van der Waals surface area contributed by atoms with Crippen LogP contribution in [0.3, 0.4) is 0 Å². The summed E-state index contributed by atoms with van der Waals surface area (Å²) in [7, 11) is 1.80. The van der Waals surface area contributed by atoms with Gasteiger partial charge in [-0.25, -0.2) is 0 Å². The van der Waals surface area contributed by atoms with Crippen molar-refractivity contribution < 1.29 is 18.7 Å². The molecule has 0 spiro atoms. The van der Waals surface area contributed by atoms with Crippen LogP contribution in [0.5, 0.6) is 0 Å². The van der Waals surface area contributed by atoms with Crippen molar-refractivity contribution in [2.75, 3.05) is 33.4 Å². The Balaban J connectivity index is 1.63. The number of morpholine rings is 1. The molecule has 0 unspecified atom stereocenters. The average Bonchev–Trinajstić information content (AvgIpc) is 3.16. The topological polar surface area (TPSA) is 69.0 Å². The molecule has 0 N–H and O–H groups in total. The van der Waals surface area contributed by atoms with Gasteiger partial charge in [0.2, 0.25) is 0 Å². The van der Waals surface area contributed by atoms with E-state index in [1.165, 1.54) is 10.9 Å². The zero-order chi connectivity index (χ0) is 21.6. The quantitative estimate of drug-likeness (QED) is 0.362. The number of amides is 1. The molecule has 2 fully saturated rings. The van der Waals surface area contributed by atoms with Gasteiger partial charge in [0.15, 0.2) is 0 Å². The fourth-order valence-electron chi connectivity index (χ4n) is 4.73. The van der Waals surface area contributed by atoms with Crippen LogP contribution in [0.25, 0.3) is 20.6 Å². The fraction of sp³-hybridized carbons (Fsp3) is 0.478. The van der Waals surface area contributed by atoms with Crippen molar-refractivity contribution >= 4 is 57.0 Å². The molecule has 3 heterocycles. The van der Waals surface area contributed by atoms with E-state index >= 15 is 0 Å². The number of rotatable bonds is 3. The Labute approximate surface area is 194 Å². The molecule has 164 valence electrons. The zero-order valence-electron chi connectivity index (χ0n) is 17.4. The van der Waals surface area contributed by atoms with Gasteiger partial charge in [-0.2, -0.15) is 0 Å². The van der Waals surface area contributed by atoms with Crippen LogP contribution in [-0.2, 0) is 15.1 Å². The molecule has 1 aliphatic carbocycles. The second-order valence-corrected chi connectivity index (χ2v) is 11.2. The minimum atomic E-state index is -0.572. The van der Waals surface area contributed by atoms with E-state index in [1.54, 1.807) is 18.1 Å². The Hall–Kier alpha value is -1.44. The van der Waals surface area contributed by atoms with Gasteiger partial charge in [0, 0.05) is 0 Å². The van der Waals surface area contributed by atoms with Crippen LogP contribution in [-0.4, -0.2) is 58.7 Å². The van der Waals surface area contributed by atoms with E-state index < -0.39 is 5.63 Å². The summed E-state index contributed by atoms with van der Waals surface area (Å²) >= 11 is 3.81. The first kappa shape index (κ1) is 21.4. The average molecular weight is 553 g/mol. The maximum absolute atomic E-state index is 12.9. The molecule has 1 aliphatic heterocycles. The number of carbonyl (C=O) groups is 1. The van der Waals surface area contributed by atoms with Gasteiger partial charge in [-0.3, -0.25) is 0 Å². The SMILES string of the molecule is COC1(c2[se]c3c(ccc4cc(C(=O)N5CCOCC5)c(=O)oc43)c2Br)CCCCC1. The van der Waals surface area contributed by atoms with E-state index in [4.69, 9.17) is 13.9 Å². The summed E-state index contributed by atoms with van der Waals surface area (Å²) < 4.78 is 20.6. The molecule has 8 heteroatoms. The van der Waals surface area contributed by atoms with Gasteiger partial charge in [-0.15, -0.1) is 0 Å². The van der Waals surface area contributed by atoms with Crippen molar-refractivity contribution in [1.82, 2.24) is 4.90 Å². The Bertz CT molecular complexity index is 1200. The molecule has 5 rings (SSSR count). The van der Waals surface area contributed by atoms with E-state index in [0.29, 0.717) is 31.9 Å². The Morgan fingerprint density at radius 2 is 1.94 bits per heavy atom. The van der Waals surface area contributed by atoms with Gasteiger partial charge in [-0.05, 0) is 0 Å². The number of methoxy groups -OCH3 is 1. The summed E-state index contributed by atoms with van der Waals surface area (Å²) in [5.41, 5.74) is -0.130. The van der Waals surface area contributed by atoms with Crippen molar-refractivity contribution in [2.45, 2.75) is 37.7 Å². The predicted molar refractivity (Wildman–Crippen MR) is 123 cm³/mol. The van der Waals surface area contributed by atoms with Crippen molar-refractivity contribution in [1.29, 1.82) is 0 Å². The van der Waals surface area contributed by atoms with E-state index in [2.05, 4.69) is 22.0 Å². The molecule has 6 nitrogen and oxygen atoms in total. The van der Waals surface area contributed by atoms with E-state index in [0.717, 1.165) is 45.2 Å². The molecule has 0 radical (unpaired) electrons. The third-order valence-electron chi connectivity index (χ3n) is 6.49. The third kappa shape index (κ3) is 3.62. The van der Waals surface area contributed by atoms with Gasteiger partial charge in [0.25, 0.3) is 0 Å². The number of benzene rings is 1. The Morgan fingerprint density at radius 3 is 2.65 bits per heavy atom. The predicted octanol–water partition coefficient (Wildman–Crippen LogP) is 4.04. The van der Waals surface area contributed by atoms with Crippen LogP contribution < -0.4 is 5.63 Å². The molecule has 2 aliphatic rings. The van der Waals surface area contributed by atoms with Crippen molar-refractivity contribution in [3.05, 3.63) is 43.1 Å². The van der Waals surface area contributed by atoms with Crippen LogP contribution in [0, 0.1) is 0 Å². The van der Waals surface area contributed by atoms with Crippen LogP contribution in [0.15, 0.2) is 31.9 Å². The van der Waals surface area contributed by atoms with Gasteiger partial charge < -0.3 is 0 Å². The van der Waals surface area contributed by atoms with Crippen LogP contribution >= 0.6 is 15.9 Å². The summed E-state index contributed by atoms with van der Waals surface area (Å²) in [4.78, 5) is 27.3. The summed E-state index contributed by atoms with van der Waals surface area (Å²) in [6.07, 6.45) is 5.60. The third-order valence-corrected chi connectivity index (χ3v) is 10.8. The number of ether oxygens (including phenoxy) is 2. The second-order valence-electron chi connectivity index (χ2n) is 8.22. The van der Waals surface area contributed by atoms with Crippen molar-refractivity contribution in [3.8, 4) is 0 Å². The van der Waals surface area contributed by atoms with Gasteiger partial charge in [0.1, 0.15) is 0 Å². The fourth-order valence-corrected chi connectivity index (χ4v) is 9.09. The number of halogens is 1. The summed E-state index contributed by atoms with van der Waals surface area (Å²) in [6, 6.07) is 5.69. The van der Waals surface area contributed by atoms with Gasteiger partial charge in [0.05, 0.1) is 0 Å². The first-order valence-electron chi connectivity index (χ1n) is 10.7. The zero-order valence-corrected chi connectivity index (χ0v) is 20.7. The van der Waals surface area contributed by atoms with E-state index in [9.17, 15) is 9.59 Å². The molecular weight excluding hydrogens is 529 g/mol. The maximum atomic E-state index is 12.9. The Kier molecular flexibility index (Phi) is 5.86. The monoisotopic (exact) mass is 553 g/mol. The normalized spacial score (nSPS) is 19.2. The summed E-state index contributed by atoms with van der Waals surface area (Å²) in [5.74, 6) is -0.287. The molecule has 2 aromatic heterocycles. The van der Waals surface area contributed by atoms with E-state index in [1.807, 2.05) is 6.07 Å². The van der Waals surface area contributed by atoms with E-state index in [-0.39, 0.29) is 31.6 Å². The number of hydrogen-bond acceptors (Lipinski definition) is 5. The Morgan fingerprint density at radius 1 is 1.19 bits per heavy atom. The molecule has 1 amide bonds. The van der Waals surface area contributed by atoms with Crippen molar-refractivity contribution in [3.63, 3.8) is 0 Å². The molecule has 3 aromatic rings. The number of hydrogen-bond donors (Lipinski definition) is 0. The molecule has 0 bridgehead atoms. The number of nitrogens with zero attached hydrogens (tertiary/aromatic N) is 1.